The average molecular weight is 397 g/mol. The first-order chi connectivity index (χ1) is 14.7. The Hall–Kier alpha value is -3.33. The standard InChI is InChI=1S/C27H28N2O/c1-3-17-28(18-4-2)23-15-13-22(14-16-23)27(30)26-25(21-10-6-5-7-11-21)20-24-12-8-9-19-29(24)26/h5-16,19-20H,3-4,17-18H2,1-2H3. The topological polar surface area (TPSA) is 24.7 Å². The van der Waals surface area contributed by atoms with E-state index in [1.807, 2.05) is 59.1 Å². The lowest BCUT2D eigenvalue weighted by Gasteiger charge is -2.23. The van der Waals surface area contributed by atoms with Gasteiger partial charge in [0.15, 0.2) is 0 Å². The molecule has 4 rings (SSSR count). The summed E-state index contributed by atoms with van der Waals surface area (Å²) < 4.78 is 2.00. The molecule has 0 amide bonds. The lowest BCUT2D eigenvalue weighted by molar-refractivity contribution is 0.103. The zero-order valence-corrected chi connectivity index (χ0v) is 17.7. The predicted molar refractivity (Wildman–Crippen MR) is 126 cm³/mol. The molecule has 0 aliphatic heterocycles. The Kier molecular flexibility index (Phi) is 5.99. The summed E-state index contributed by atoms with van der Waals surface area (Å²) in [6.07, 6.45) is 4.18. The SMILES string of the molecule is CCCN(CCC)c1ccc(C(=O)c2c(-c3ccccc3)cc3ccccn23)cc1. The van der Waals surface area contributed by atoms with E-state index in [4.69, 9.17) is 0 Å². The van der Waals surface area contributed by atoms with Crippen LogP contribution in [-0.2, 0) is 0 Å². The molecule has 0 saturated carbocycles. The first-order valence-electron chi connectivity index (χ1n) is 10.8. The monoisotopic (exact) mass is 396 g/mol. The normalized spacial score (nSPS) is 11.0. The van der Waals surface area contributed by atoms with Crippen LogP contribution < -0.4 is 4.90 Å². The Morgan fingerprint density at radius 3 is 2.17 bits per heavy atom. The number of carbonyl (C=O) groups is 1. The molecule has 0 saturated heterocycles. The molecule has 0 aliphatic carbocycles. The first-order valence-corrected chi connectivity index (χ1v) is 10.8. The molecule has 3 heteroatoms. The highest BCUT2D eigenvalue weighted by atomic mass is 16.1. The fraction of sp³-hybridized carbons (Fsp3) is 0.222. The summed E-state index contributed by atoms with van der Waals surface area (Å²) >= 11 is 0. The largest absolute Gasteiger partial charge is 0.372 e. The van der Waals surface area contributed by atoms with Crippen molar-refractivity contribution in [3.05, 3.63) is 96.3 Å². The quantitative estimate of drug-likeness (QED) is 0.319. The van der Waals surface area contributed by atoms with E-state index < -0.39 is 0 Å². The second-order valence-corrected chi connectivity index (χ2v) is 7.63. The molecule has 152 valence electrons. The summed E-state index contributed by atoms with van der Waals surface area (Å²) in [5.41, 5.74) is 5.65. The van der Waals surface area contributed by atoms with E-state index in [-0.39, 0.29) is 5.78 Å². The van der Waals surface area contributed by atoms with E-state index in [9.17, 15) is 4.79 Å². The van der Waals surface area contributed by atoms with Crippen LogP contribution in [0.15, 0.2) is 85.1 Å². The minimum Gasteiger partial charge on any atom is -0.372 e. The summed E-state index contributed by atoms with van der Waals surface area (Å²) in [6.45, 7) is 6.46. The van der Waals surface area contributed by atoms with Gasteiger partial charge < -0.3 is 9.30 Å². The van der Waals surface area contributed by atoms with E-state index in [1.54, 1.807) is 0 Å². The van der Waals surface area contributed by atoms with Gasteiger partial charge in [-0.15, -0.1) is 0 Å². The third-order valence-electron chi connectivity index (χ3n) is 5.46. The van der Waals surface area contributed by atoms with Crippen molar-refractivity contribution < 1.29 is 4.79 Å². The van der Waals surface area contributed by atoms with Gasteiger partial charge in [0.1, 0.15) is 5.69 Å². The number of carbonyl (C=O) groups excluding carboxylic acids is 1. The summed E-state index contributed by atoms with van der Waals surface area (Å²) in [5.74, 6) is 0.0455. The molecule has 3 nitrogen and oxygen atoms in total. The second kappa shape index (κ2) is 9.00. The molecular formula is C27H28N2O. The van der Waals surface area contributed by atoms with Crippen molar-refractivity contribution in [3.63, 3.8) is 0 Å². The van der Waals surface area contributed by atoms with Gasteiger partial charge in [-0.2, -0.15) is 0 Å². The Morgan fingerprint density at radius 1 is 0.833 bits per heavy atom. The predicted octanol–water partition coefficient (Wildman–Crippen LogP) is 6.46. The maximum Gasteiger partial charge on any atom is 0.210 e. The number of aromatic nitrogens is 1. The van der Waals surface area contributed by atoms with Gasteiger partial charge in [0.2, 0.25) is 5.78 Å². The second-order valence-electron chi connectivity index (χ2n) is 7.63. The van der Waals surface area contributed by atoms with Gasteiger partial charge >= 0.3 is 0 Å². The smallest absolute Gasteiger partial charge is 0.210 e. The van der Waals surface area contributed by atoms with Gasteiger partial charge in [-0.1, -0.05) is 50.2 Å². The van der Waals surface area contributed by atoms with Crippen molar-refractivity contribution >= 4 is 17.0 Å². The summed E-state index contributed by atoms with van der Waals surface area (Å²) in [6, 6.07) is 26.3. The zero-order valence-electron chi connectivity index (χ0n) is 17.7. The molecule has 0 N–H and O–H groups in total. The minimum atomic E-state index is 0.0455. The number of ketones is 1. The molecular weight excluding hydrogens is 368 g/mol. The molecule has 2 heterocycles. The summed E-state index contributed by atoms with van der Waals surface area (Å²) in [7, 11) is 0. The molecule has 2 aromatic heterocycles. The molecule has 0 radical (unpaired) electrons. The molecule has 0 fully saturated rings. The van der Waals surface area contributed by atoms with Crippen molar-refractivity contribution in [2.24, 2.45) is 0 Å². The fourth-order valence-electron chi connectivity index (χ4n) is 4.06. The van der Waals surface area contributed by atoms with Gasteiger partial charge in [-0.05, 0) is 60.9 Å². The molecule has 0 bridgehead atoms. The van der Waals surface area contributed by atoms with E-state index in [1.165, 1.54) is 5.69 Å². The van der Waals surface area contributed by atoms with Gasteiger partial charge in [0, 0.05) is 41.6 Å². The Bertz CT molecular complexity index is 1120. The molecule has 2 aromatic carbocycles. The van der Waals surface area contributed by atoms with E-state index in [2.05, 4.69) is 49.1 Å². The maximum atomic E-state index is 13.6. The third kappa shape index (κ3) is 3.88. The highest BCUT2D eigenvalue weighted by Gasteiger charge is 2.20. The van der Waals surface area contributed by atoms with Crippen LogP contribution in [0.1, 0.15) is 42.7 Å². The van der Waals surface area contributed by atoms with Crippen LogP contribution in [0, 0.1) is 0 Å². The number of anilines is 1. The van der Waals surface area contributed by atoms with Gasteiger partial charge in [0.25, 0.3) is 0 Å². The molecule has 0 unspecified atom stereocenters. The number of rotatable bonds is 8. The lowest BCUT2D eigenvalue weighted by atomic mass is 10.00. The Labute approximate surface area is 178 Å². The maximum absolute atomic E-state index is 13.6. The van der Waals surface area contributed by atoms with Crippen LogP contribution in [0.25, 0.3) is 16.6 Å². The molecule has 4 aromatic rings. The average Bonchev–Trinajstić information content (AvgIpc) is 3.19. The number of nitrogens with zero attached hydrogens (tertiary/aromatic N) is 2. The van der Waals surface area contributed by atoms with Crippen molar-refractivity contribution in [1.82, 2.24) is 4.40 Å². The van der Waals surface area contributed by atoms with Crippen LogP contribution in [0.4, 0.5) is 5.69 Å². The number of hydrogen-bond acceptors (Lipinski definition) is 2. The number of hydrogen-bond donors (Lipinski definition) is 0. The number of benzene rings is 2. The van der Waals surface area contributed by atoms with Crippen molar-refractivity contribution in [2.75, 3.05) is 18.0 Å². The lowest BCUT2D eigenvalue weighted by Crippen LogP contribution is -2.24. The minimum absolute atomic E-state index is 0.0455. The van der Waals surface area contributed by atoms with E-state index in [0.29, 0.717) is 11.3 Å². The van der Waals surface area contributed by atoms with Gasteiger partial charge in [-0.25, -0.2) is 0 Å². The van der Waals surface area contributed by atoms with E-state index >= 15 is 0 Å². The first kappa shape index (κ1) is 20.0. The van der Waals surface area contributed by atoms with Gasteiger partial charge in [-0.3, -0.25) is 4.79 Å². The van der Waals surface area contributed by atoms with Crippen LogP contribution in [0.2, 0.25) is 0 Å². The highest BCUT2D eigenvalue weighted by molar-refractivity contribution is 6.13. The zero-order chi connectivity index (χ0) is 20.9. The summed E-state index contributed by atoms with van der Waals surface area (Å²) in [5, 5.41) is 0. The molecule has 0 atom stereocenters. The Morgan fingerprint density at radius 2 is 1.50 bits per heavy atom. The van der Waals surface area contributed by atoms with Crippen molar-refractivity contribution in [2.45, 2.75) is 26.7 Å². The van der Waals surface area contributed by atoms with Gasteiger partial charge in [0.05, 0.1) is 0 Å². The van der Waals surface area contributed by atoms with E-state index in [0.717, 1.165) is 42.6 Å². The summed E-state index contributed by atoms with van der Waals surface area (Å²) in [4.78, 5) is 16.0. The molecule has 30 heavy (non-hydrogen) atoms. The number of pyridine rings is 1. The van der Waals surface area contributed by atoms with Crippen molar-refractivity contribution in [3.8, 4) is 11.1 Å². The Balaban J connectivity index is 1.75. The van der Waals surface area contributed by atoms with Crippen LogP contribution >= 0.6 is 0 Å². The fourth-order valence-corrected chi connectivity index (χ4v) is 4.06. The molecule has 0 aliphatic rings. The van der Waals surface area contributed by atoms with Crippen LogP contribution in [0.5, 0.6) is 0 Å². The number of fused-ring (bicyclic) bond motifs is 1. The third-order valence-corrected chi connectivity index (χ3v) is 5.46. The van der Waals surface area contributed by atoms with Crippen LogP contribution in [-0.4, -0.2) is 23.3 Å². The molecule has 0 spiro atoms. The highest BCUT2D eigenvalue weighted by Crippen LogP contribution is 2.30. The van der Waals surface area contributed by atoms with Crippen LogP contribution in [0.3, 0.4) is 0 Å². The van der Waals surface area contributed by atoms with Crippen molar-refractivity contribution in [1.29, 1.82) is 0 Å².